The van der Waals surface area contributed by atoms with E-state index in [0.717, 1.165) is 55.0 Å². The summed E-state index contributed by atoms with van der Waals surface area (Å²) in [6, 6.07) is 5.37. The molecule has 4 N–H and O–H groups in total. The van der Waals surface area contributed by atoms with Crippen molar-refractivity contribution in [2.24, 2.45) is 0 Å². The summed E-state index contributed by atoms with van der Waals surface area (Å²) in [7, 11) is 1.97. The van der Waals surface area contributed by atoms with Crippen molar-refractivity contribution in [1.29, 1.82) is 0 Å². The van der Waals surface area contributed by atoms with Crippen molar-refractivity contribution in [2.45, 2.75) is 165 Å². The van der Waals surface area contributed by atoms with Gasteiger partial charge in [-0.15, -0.1) is 12.6 Å². The maximum Gasteiger partial charge on any atom is 0.408 e. The first-order valence-electron chi connectivity index (χ1n) is 20.6. The van der Waals surface area contributed by atoms with Gasteiger partial charge in [-0.25, -0.2) is 19.2 Å². The van der Waals surface area contributed by atoms with Crippen LogP contribution in [0, 0.1) is 27.7 Å². The summed E-state index contributed by atoms with van der Waals surface area (Å²) in [5.74, 6) is -2.19. The summed E-state index contributed by atoms with van der Waals surface area (Å²) in [5.41, 5.74) is 3.09. The van der Waals surface area contributed by atoms with E-state index in [9.17, 15) is 43.5 Å². The zero-order valence-corrected chi connectivity index (χ0v) is 44.2. The third-order valence-corrected chi connectivity index (χ3v) is 11.2. The Labute approximate surface area is 415 Å². The lowest BCUT2D eigenvalue weighted by Gasteiger charge is -2.28. The number of benzene rings is 2. The first-order chi connectivity index (χ1) is 29.9. The zero-order valence-electron chi connectivity index (χ0n) is 40.8. The molecular formula is C47H72N2O14S4. The van der Waals surface area contributed by atoms with Crippen molar-refractivity contribution >= 4 is 93.1 Å². The number of aryl methyl sites for hydroxylation is 4. The summed E-state index contributed by atoms with van der Waals surface area (Å²) >= 11 is 7.64. The molecule has 0 saturated heterocycles. The molecule has 0 heterocycles. The van der Waals surface area contributed by atoms with Crippen LogP contribution in [-0.2, 0) is 49.1 Å². The molecule has 16 nitrogen and oxygen atoms in total. The Morgan fingerprint density at radius 1 is 0.627 bits per heavy atom. The number of nitrogens with one attached hydrogen (secondary N) is 2. The van der Waals surface area contributed by atoms with Gasteiger partial charge in [0, 0.05) is 60.2 Å². The molecule has 0 aliphatic carbocycles. The Balaban J connectivity index is 0. The van der Waals surface area contributed by atoms with Crippen molar-refractivity contribution in [3.63, 3.8) is 0 Å². The number of alkyl carbamates (subject to hydrolysis) is 2. The van der Waals surface area contributed by atoms with Gasteiger partial charge in [-0.3, -0.25) is 19.2 Å². The zero-order chi connectivity index (χ0) is 51.7. The molecule has 0 unspecified atom stereocenters. The molecule has 0 aliphatic rings. The Morgan fingerprint density at radius 3 is 1.30 bits per heavy atom. The fourth-order valence-corrected chi connectivity index (χ4v) is 9.24. The quantitative estimate of drug-likeness (QED) is 0.0397. The van der Waals surface area contributed by atoms with Crippen LogP contribution in [0.25, 0.3) is 0 Å². The van der Waals surface area contributed by atoms with Crippen LogP contribution in [0.1, 0.15) is 137 Å². The van der Waals surface area contributed by atoms with E-state index in [0.29, 0.717) is 11.5 Å². The molecule has 0 saturated carbocycles. The first kappa shape index (κ1) is 64.7. The molecular weight excluding hydrogens is 945 g/mol. The summed E-state index contributed by atoms with van der Waals surface area (Å²) in [4.78, 5) is 91.7. The highest BCUT2D eigenvalue weighted by molar-refractivity contribution is 8.82. The highest BCUT2D eigenvalue weighted by Gasteiger charge is 2.32. The number of hydrogen-bond acceptors (Lipinski definition) is 15. The first-order valence-corrected chi connectivity index (χ1v) is 24.0. The van der Waals surface area contributed by atoms with Gasteiger partial charge in [-0.1, -0.05) is 58.0 Å². The number of carbonyl (C=O) groups excluding carboxylic acids is 6. The van der Waals surface area contributed by atoms with Gasteiger partial charge >= 0.3 is 36.1 Å². The van der Waals surface area contributed by atoms with E-state index in [1.165, 1.54) is 13.8 Å². The van der Waals surface area contributed by atoms with Crippen molar-refractivity contribution in [1.82, 2.24) is 10.6 Å². The van der Waals surface area contributed by atoms with E-state index in [1.54, 1.807) is 47.6 Å². The van der Waals surface area contributed by atoms with Gasteiger partial charge in [0.05, 0.1) is 0 Å². The maximum atomic E-state index is 12.7. The largest absolute Gasteiger partial charge is 0.480 e. The fraction of sp³-hybridized carbons (Fsp3) is 0.574. The Hall–Kier alpha value is -4.40. The van der Waals surface area contributed by atoms with Crippen molar-refractivity contribution < 1.29 is 67.5 Å². The Bertz CT molecular complexity index is 2070. The Morgan fingerprint density at radius 2 is 0.985 bits per heavy atom. The van der Waals surface area contributed by atoms with Crippen molar-refractivity contribution in [2.75, 3.05) is 11.5 Å². The number of rotatable bonds is 16. The Kier molecular flexibility index (Phi) is 27.2. The smallest absolute Gasteiger partial charge is 0.408 e. The maximum absolute atomic E-state index is 12.7. The van der Waals surface area contributed by atoms with Crippen LogP contribution in [0.3, 0.4) is 0 Å². The van der Waals surface area contributed by atoms with E-state index >= 15 is 0 Å². The molecule has 2 aromatic carbocycles. The third kappa shape index (κ3) is 26.1. The molecule has 378 valence electrons. The number of thiol groups is 2. The second-order valence-electron chi connectivity index (χ2n) is 18.6. The number of hydrogen-bond donors (Lipinski definition) is 6. The van der Waals surface area contributed by atoms with E-state index in [4.69, 9.17) is 24.1 Å². The lowest BCUT2D eigenvalue weighted by atomic mass is 9.78. The average molecular weight is 1020 g/mol. The second-order valence-corrected chi connectivity index (χ2v) is 21.9. The minimum Gasteiger partial charge on any atom is -0.480 e. The average Bonchev–Trinajstić information content (AvgIpc) is 3.06. The monoisotopic (exact) mass is 1020 g/mol. The van der Waals surface area contributed by atoms with E-state index < -0.39 is 64.2 Å². The summed E-state index contributed by atoms with van der Waals surface area (Å²) < 4.78 is 20.7. The van der Waals surface area contributed by atoms with Crippen molar-refractivity contribution in [3.05, 3.63) is 57.6 Å². The third-order valence-electron chi connectivity index (χ3n) is 8.48. The number of amides is 2. The molecule has 0 fully saturated rings. The molecule has 67 heavy (non-hydrogen) atoms. The topological polar surface area (TPSA) is 238 Å². The van der Waals surface area contributed by atoms with E-state index in [1.807, 2.05) is 73.6 Å². The van der Waals surface area contributed by atoms with Crippen molar-refractivity contribution in [3.8, 4) is 11.5 Å². The number of carboxylic acids is 2. The van der Waals surface area contributed by atoms with Gasteiger partial charge < -0.3 is 39.8 Å². The molecule has 20 heteroatoms. The van der Waals surface area contributed by atoms with E-state index in [2.05, 4.69) is 35.9 Å². The molecule has 0 aromatic heterocycles. The summed E-state index contributed by atoms with van der Waals surface area (Å²) in [5, 5.41) is 22.1. The molecule has 0 spiro atoms. The van der Waals surface area contributed by atoms with Crippen LogP contribution >= 0.6 is 46.8 Å². The SMILES string of the molecule is C.CC(=O)Oc1cc(C)cc(C)c1C(C)(C)CC(=O)S.CC(=O)Oc1cc(C)cc(C)c1C(C)(C)CC(=O)SSC[C@H](NC(=O)OC(C)(C)C)C(=O)O.CC(C)(C)OC(=O)N[C@@H](CS)C(=O)O. The highest BCUT2D eigenvalue weighted by Crippen LogP contribution is 2.41. The molecule has 2 amide bonds. The second kappa shape index (κ2) is 28.2. The number of carboxylic acid groups (broad SMARTS) is 2. The number of esters is 2. The highest BCUT2D eigenvalue weighted by atomic mass is 33.1. The van der Waals surface area contributed by atoms with Gasteiger partial charge in [0.15, 0.2) is 10.2 Å². The van der Waals surface area contributed by atoms with E-state index in [-0.39, 0.29) is 48.0 Å². The predicted molar refractivity (Wildman–Crippen MR) is 271 cm³/mol. The molecule has 2 atom stereocenters. The number of ether oxygens (including phenoxy) is 4. The van der Waals surface area contributed by atoms with Gasteiger partial charge in [-0.2, -0.15) is 12.6 Å². The van der Waals surface area contributed by atoms with Crippen LogP contribution in [0.2, 0.25) is 0 Å². The number of aliphatic carboxylic acids is 2. The lowest BCUT2D eigenvalue weighted by molar-refractivity contribution is -0.139. The van der Waals surface area contributed by atoms with Crippen LogP contribution in [0.4, 0.5) is 9.59 Å². The predicted octanol–water partition coefficient (Wildman–Crippen LogP) is 9.67. The minimum absolute atomic E-state index is 0. The molecule has 0 radical (unpaired) electrons. The number of carbonyl (C=O) groups is 8. The molecule has 2 aromatic rings. The van der Waals surface area contributed by atoms with Gasteiger partial charge in [0.25, 0.3) is 0 Å². The van der Waals surface area contributed by atoms with Gasteiger partial charge in [0.2, 0.25) is 0 Å². The molecule has 0 bridgehead atoms. The van der Waals surface area contributed by atoms with Gasteiger partial charge in [-0.05, 0) is 114 Å². The summed E-state index contributed by atoms with van der Waals surface area (Å²) in [6.07, 6.45) is -1.16. The molecule has 2 rings (SSSR count). The molecule has 0 aliphatic heterocycles. The van der Waals surface area contributed by atoms with Gasteiger partial charge in [0.1, 0.15) is 34.8 Å². The standard InChI is InChI=1S/C23H33NO7S2.C15H20O3S.C8H15NO4S.CH4/c1-13-9-14(2)19(17(10-13)30-15(3)25)23(7,8)11-18(26)33-32-12-16(20(27)28)24-21(29)31-22(4,5)6;1-9-6-10(2)14(12(7-9)18-11(3)16)15(4,5)8-13(17)19;1-8(2,3)13-7(12)9-5(4-14)6(10)11;/h9-10,16H,11-12H2,1-8H3,(H,24,29)(H,27,28);6-7H,8H2,1-5H3,(H,17,19);5,14H,4H2,1-3H3,(H,9,12)(H,10,11);1H4/t16-;;5-;/m0.0./s1. The van der Waals surface area contributed by atoms with Crippen LogP contribution in [0.5, 0.6) is 11.5 Å². The fourth-order valence-electron chi connectivity index (χ4n) is 6.44. The van der Waals surface area contributed by atoms with Crippen LogP contribution in [-0.4, -0.2) is 91.3 Å². The summed E-state index contributed by atoms with van der Waals surface area (Å²) in [6.45, 7) is 28.2. The lowest BCUT2D eigenvalue weighted by Crippen LogP contribution is -2.44. The minimum atomic E-state index is -1.22. The van der Waals surface area contributed by atoms with Crippen LogP contribution < -0.4 is 20.1 Å². The normalized spacial score (nSPS) is 12.1. The van der Waals surface area contributed by atoms with Crippen LogP contribution in [0.15, 0.2) is 24.3 Å².